The molecule has 2 atom stereocenters. The van der Waals surface area contributed by atoms with Gasteiger partial charge in [-0.25, -0.2) is 0 Å². The zero-order valence-electron chi connectivity index (χ0n) is 10.9. The molecule has 1 aliphatic heterocycles. The molecule has 1 saturated heterocycles. The highest BCUT2D eigenvalue weighted by Gasteiger charge is 2.38. The molecule has 1 heterocycles. The Hall–Kier alpha value is -1.10. The molecule has 5 heteroatoms. The molecular weight excluding hydrogens is 232 g/mol. The molecule has 1 aliphatic carbocycles. The van der Waals surface area contributed by atoms with Gasteiger partial charge >= 0.3 is 5.97 Å². The first kappa shape index (κ1) is 13.3. The Morgan fingerprint density at radius 1 is 1.39 bits per heavy atom. The van der Waals surface area contributed by atoms with E-state index < -0.39 is 12.0 Å². The van der Waals surface area contributed by atoms with Crippen molar-refractivity contribution < 1.29 is 14.7 Å². The van der Waals surface area contributed by atoms with Crippen molar-refractivity contribution in [1.82, 2.24) is 10.2 Å². The van der Waals surface area contributed by atoms with Crippen molar-refractivity contribution in [1.29, 1.82) is 0 Å². The smallest absolute Gasteiger partial charge is 0.305 e. The maximum absolute atomic E-state index is 12.0. The fourth-order valence-corrected chi connectivity index (χ4v) is 3.17. The van der Waals surface area contributed by atoms with E-state index in [2.05, 4.69) is 10.2 Å². The number of hydrogen-bond acceptors (Lipinski definition) is 3. The van der Waals surface area contributed by atoms with Crippen LogP contribution in [0.5, 0.6) is 0 Å². The van der Waals surface area contributed by atoms with Crippen molar-refractivity contribution in [2.45, 2.75) is 63.6 Å². The van der Waals surface area contributed by atoms with Crippen LogP contribution in [0.3, 0.4) is 0 Å². The van der Waals surface area contributed by atoms with E-state index in [4.69, 9.17) is 5.11 Å². The molecule has 5 nitrogen and oxygen atoms in total. The second-order valence-electron chi connectivity index (χ2n) is 5.51. The standard InChI is InChI=1S/C13H22N2O3/c1-9-8-15(10-5-3-2-4-6-10)11(7-12(16)17)13(18)14-9/h9-11H,2-8H2,1H3,(H,14,18)(H,16,17). The molecule has 2 unspecified atom stereocenters. The average Bonchev–Trinajstić information content (AvgIpc) is 2.33. The van der Waals surface area contributed by atoms with E-state index in [0.29, 0.717) is 6.04 Å². The summed E-state index contributed by atoms with van der Waals surface area (Å²) in [4.78, 5) is 25.0. The predicted octanol–water partition coefficient (Wildman–Crippen LogP) is 0.983. The fourth-order valence-electron chi connectivity index (χ4n) is 3.17. The SMILES string of the molecule is CC1CN(C2CCCCC2)C(CC(=O)O)C(=O)N1. The highest BCUT2D eigenvalue weighted by atomic mass is 16.4. The molecule has 0 spiro atoms. The van der Waals surface area contributed by atoms with Crippen LogP contribution in [0.15, 0.2) is 0 Å². The number of hydrogen-bond donors (Lipinski definition) is 2. The van der Waals surface area contributed by atoms with Gasteiger partial charge in [0.2, 0.25) is 5.91 Å². The first-order chi connectivity index (χ1) is 8.58. The van der Waals surface area contributed by atoms with Gasteiger partial charge in [0.15, 0.2) is 0 Å². The van der Waals surface area contributed by atoms with E-state index in [1.807, 2.05) is 6.92 Å². The van der Waals surface area contributed by atoms with Crippen molar-refractivity contribution in [2.24, 2.45) is 0 Å². The maximum atomic E-state index is 12.0. The van der Waals surface area contributed by atoms with Crippen LogP contribution in [0.2, 0.25) is 0 Å². The van der Waals surface area contributed by atoms with Gasteiger partial charge in [0, 0.05) is 18.6 Å². The summed E-state index contributed by atoms with van der Waals surface area (Å²) in [6, 6.07) is 0.0165. The zero-order valence-corrected chi connectivity index (χ0v) is 10.9. The molecule has 0 radical (unpaired) electrons. The first-order valence-electron chi connectivity index (χ1n) is 6.86. The van der Waals surface area contributed by atoms with E-state index in [1.54, 1.807) is 0 Å². The third-order valence-corrected chi connectivity index (χ3v) is 3.99. The molecule has 2 N–H and O–H groups in total. The lowest BCUT2D eigenvalue weighted by Crippen LogP contribution is -2.62. The molecular formula is C13H22N2O3. The minimum Gasteiger partial charge on any atom is -0.481 e. The molecule has 1 amide bonds. The van der Waals surface area contributed by atoms with Gasteiger partial charge in [-0.1, -0.05) is 19.3 Å². The molecule has 1 saturated carbocycles. The number of amides is 1. The first-order valence-corrected chi connectivity index (χ1v) is 6.86. The van der Waals surface area contributed by atoms with Gasteiger partial charge in [-0.2, -0.15) is 0 Å². The van der Waals surface area contributed by atoms with E-state index >= 15 is 0 Å². The number of carbonyl (C=O) groups is 2. The number of aliphatic carboxylic acids is 1. The molecule has 2 fully saturated rings. The van der Waals surface area contributed by atoms with Gasteiger partial charge in [-0.05, 0) is 19.8 Å². The average molecular weight is 254 g/mol. The topological polar surface area (TPSA) is 69.6 Å². The van der Waals surface area contributed by atoms with Crippen LogP contribution in [0.1, 0.15) is 45.4 Å². The third-order valence-electron chi connectivity index (χ3n) is 3.99. The van der Waals surface area contributed by atoms with E-state index in [1.165, 1.54) is 19.3 Å². The summed E-state index contributed by atoms with van der Waals surface area (Å²) in [5, 5.41) is 11.8. The molecule has 0 aromatic rings. The van der Waals surface area contributed by atoms with Crippen LogP contribution < -0.4 is 5.32 Å². The summed E-state index contributed by atoms with van der Waals surface area (Å²) >= 11 is 0. The maximum Gasteiger partial charge on any atom is 0.305 e. The minimum absolute atomic E-state index is 0.0882. The van der Waals surface area contributed by atoms with Crippen molar-refractivity contribution in [3.8, 4) is 0 Å². The van der Waals surface area contributed by atoms with Crippen LogP contribution in [-0.2, 0) is 9.59 Å². The Kier molecular flexibility index (Phi) is 4.22. The Balaban J connectivity index is 2.10. The highest BCUT2D eigenvalue weighted by molar-refractivity contribution is 5.87. The van der Waals surface area contributed by atoms with Gasteiger partial charge in [0.25, 0.3) is 0 Å². The summed E-state index contributed by atoms with van der Waals surface area (Å²) in [7, 11) is 0. The molecule has 102 valence electrons. The van der Waals surface area contributed by atoms with Gasteiger partial charge in [-0.3, -0.25) is 14.5 Å². The number of carboxylic acids is 1. The zero-order chi connectivity index (χ0) is 13.1. The molecule has 18 heavy (non-hydrogen) atoms. The Labute approximate surface area is 108 Å². The number of nitrogens with one attached hydrogen (secondary N) is 1. The second kappa shape index (κ2) is 5.69. The van der Waals surface area contributed by atoms with Crippen LogP contribution in [0.4, 0.5) is 0 Å². The molecule has 2 aliphatic rings. The number of carboxylic acid groups (broad SMARTS) is 1. The number of rotatable bonds is 3. The molecule has 2 rings (SSSR count). The minimum atomic E-state index is -0.898. The molecule has 0 bridgehead atoms. The summed E-state index contributed by atoms with van der Waals surface area (Å²) < 4.78 is 0. The lowest BCUT2D eigenvalue weighted by molar-refractivity contribution is -0.145. The predicted molar refractivity (Wildman–Crippen MR) is 67.2 cm³/mol. The van der Waals surface area contributed by atoms with E-state index in [0.717, 1.165) is 19.4 Å². The highest BCUT2D eigenvalue weighted by Crippen LogP contribution is 2.26. The number of piperazine rings is 1. The van der Waals surface area contributed by atoms with Crippen molar-refractivity contribution in [2.75, 3.05) is 6.54 Å². The van der Waals surface area contributed by atoms with Gasteiger partial charge in [0.1, 0.15) is 0 Å². The number of nitrogens with zero attached hydrogens (tertiary/aromatic N) is 1. The van der Waals surface area contributed by atoms with Crippen molar-refractivity contribution in [3.05, 3.63) is 0 Å². The van der Waals surface area contributed by atoms with Gasteiger partial charge < -0.3 is 10.4 Å². The Morgan fingerprint density at radius 2 is 2.06 bits per heavy atom. The lowest BCUT2D eigenvalue weighted by Gasteiger charge is -2.43. The summed E-state index contributed by atoms with van der Waals surface area (Å²) in [6.07, 6.45) is 5.74. The second-order valence-corrected chi connectivity index (χ2v) is 5.51. The normalized spacial score (nSPS) is 31.1. The summed E-state index contributed by atoms with van der Waals surface area (Å²) in [5.41, 5.74) is 0. The van der Waals surface area contributed by atoms with Crippen LogP contribution in [-0.4, -0.2) is 46.6 Å². The molecule has 0 aromatic heterocycles. The number of carbonyl (C=O) groups excluding carboxylic acids is 1. The molecule has 0 aromatic carbocycles. The fraction of sp³-hybridized carbons (Fsp3) is 0.846. The third kappa shape index (κ3) is 3.02. The summed E-state index contributed by atoms with van der Waals surface area (Å²) in [5.74, 6) is -1.02. The largest absolute Gasteiger partial charge is 0.481 e. The van der Waals surface area contributed by atoms with E-state index in [9.17, 15) is 9.59 Å². The van der Waals surface area contributed by atoms with Crippen LogP contribution >= 0.6 is 0 Å². The lowest BCUT2D eigenvalue weighted by atomic mass is 9.91. The van der Waals surface area contributed by atoms with Gasteiger partial charge in [0.05, 0.1) is 12.5 Å². The van der Waals surface area contributed by atoms with Crippen LogP contribution in [0.25, 0.3) is 0 Å². The van der Waals surface area contributed by atoms with Crippen molar-refractivity contribution >= 4 is 11.9 Å². The Bertz CT molecular complexity index is 326. The van der Waals surface area contributed by atoms with E-state index in [-0.39, 0.29) is 18.4 Å². The Morgan fingerprint density at radius 3 is 2.67 bits per heavy atom. The summed E-state index contributed by atoms with van der Waals surface area (Å²) in [6.45, 7) is 2.75. The quantitative estimate of drug-likeness (QED) is 0.788. The van der Waals surface area contributed by atoms with Crippen molar-refractivity contribution in [3.63, 3.8) is 0 Å². The van der Waals surface area contributed by atoms with Crippen LogP contribution in [0, 0.1) is 0 Å². The van der Waals surface area contributed by atoms with Gasteiger partial charge in [-0.15, -0.1) is 0 Å². The monoisotopic (exact) mass is 254 g/mol.